The van der Waals surface area contributed by atoms with Crippen molar-refractivity contribution in [3.8, 4) is 11.5 Å². The van der Waals surface area contributed by atoms with Gasteiger partial charge in [-0.25, -0.2) is 8.51 Å². The molecule has 4 aromatic carbocycles. The fourth-order valence-electron chi connectivity index (χ4n) is 4.63. The van der Waals surface area contributed by atoms with Gasteiger partial charge in [-0.2, -0.15) is 0 Å². The Bertz CT molecular complexity index is 1320. The summed E-state index contributed by atoms with van der Waals surface area (Å²) in [5.74, 6) is 1.33. The average Bonchev–Trinajstić information content (AvgIpc) is 2.94. The van der Waals surface area contributed by atoms with E-state index >= 15 is 0 Å². The maximum Gasteiger partial charge on any atom is 0.161 e. The summed E-state index contributed by atoms with van der Waals surface area (Å²) in [4.78, 5) is 0. The van der Waals surface area contributed by atoms with Crippen molar-refractivity contribution in [2.75, 3.05) is 21.3 Å². The zero-order valence-electron chi connectivity index (χ0n) is 22.9. The predicted octanol–water partition coefficient (Wildman–Crippen LogP) is 5.95. The minimum Gasteiger partial charge on any atom is -0.493 e. The van der Waals surface area contributed by atoms with Crippen molar-refractivity contribution in [1.82, 2.24) is 4.31 Å². The Labute approximate surface area is 231 Å². The van der Waals surface area contributed by atoms with Crippen LogP contribution in [-0.2, 0) is 11.0 Å². The summed E-state index contributed by atoms with van der Waals surface area (Å²) >= 11 is 0. The van der Waals surface area contributed by atoms with Crippen LogP contribution in [0.2, 0.25) is 0 Å². The Morgan fingerprint density at radius 1 is 0.737 bits per heavy atom. The first-order valence-corrected chi connectivity index (χ1v) is 15.1. The normalized spacial score (nSPS) is 13.4. The van der Waals surface area contributed by atoms with E-state index in [0.717, 1.165) is 16.4 Å². The second-order valence-electron chi connectivity index (χ2n) is 9.99. The van der Waals surface area contributed by atoms with Crippen molar-refractivity contribution in [3.63, 3.8) is 0 Å². The summed E-state index contributed by atoms with van der Waals surface area (Å²) in [6.07, 6.45) is 0. The van der Waals surface area contributed by atoms with E-state index in [1.165, 1.54) is 10.6 Å². The summed E-state index contributed by atoms with van der Waals surface area (Å²) in [7, 11) is 3.05. The van der Waals surface area contributed by atoms with Crippen LogP contribution >= 0.6 is 7.92 Å². The Morgan fingerprint density at radius 2 is 1.18 bits per heavy atom. The Hall–Kier alpha value is -2.98. The Morgan fingerprint density at radius 3 is 1.63 bits per heavy atom. The second kappa shape index (κ2) is 12.3. The van der Waals surface area contributed by atoms with Crippen LogP contribution < -0.4 is 25.4 Å². The lowest BCUT2D eigenvalue weighted by molar-refractivity contribution is 0.353. The van der Waals surface area contributed by atoms with Gasteiger partial charge in [0.1, 0.15) is 11.0 Å². The van der Waals surface area contributed by atoms with Gasteiger partial charge in [-0.3, -0.25) is 0 Å². The lowest BCUT2D eigenvalue weighted by Gasteiger charge is -2.35. The van der Waals surface area contributed by atoms with Gasteiger partial charge in [0, 0.05) is 7.05 Å². The average molecular weight is 546 g/mol. The first kappa shape index (κ1) is 28.0. The Balaban J connectivity index is 2.06. The molecule has 0 saturated carbocycles. The van der Waals surface area contributed by atoms with Crippen LogP contribution in [0.1, 0.15) is 37.9 Å². The van der Waals surface area contributed by atoms with Gasteiger partial charge in [0.2, 0.25) is 0 Å². The van der Waals surface area contributed by atoms with Crippen LogP contribution in [0.5, 0.6) is 11.5 Å². The molecular formula is C32H36NO3PS. The molecule has 0 spiro atoms. The lowest BCUT2D eigenvalue weighted by atomic mass is 9.98. The predicted molar refractivity (Wildman–Crippen MR) is 162 cm³/mol. The molecule has 2 atom stereocenters. The smallest absolute Gasteiger partial charge is 0.161 e. The molecule has 6 heteroatoms. The molecule has 0 heterocycles. The third-order valence-corrected chi connectivity index (χ3v) is 10.6. The number of rotatable bonds is 9. The van der Waals surface area contributed by atoms with Crippen molar-refractivity contribution < 1.29 is 13.7 Å². The Kier molecular flexibility index (Phi) is 9.04. The van der Waals surface area contributed by atoms with Gasteiger partial charge in [-0.15, -0.1) is 0 Å². The largest absolute Gasteiger partial charge is 0.493 e. The van der Waals surface area contributed by atoms with Gasteiger partial charge in [0.25, 0.3) is 0 Å². The maximum absolute atomic E-state index is 13.8. The highest BCUT2D eigenvalue weighted by atomic mass is 32.2. The third-order valence-electron chi connectivity index (χ3n) is 6.36. The van der Waals surface area contributed by atoms with E-state index in [0.29, 0.717) is 11.5 Å². The molecule has 0 radical (unpaired) electrons. The number of ether oxygens (including phenoxy) is 2. The number of benzene rings is 4. The van der Waals surface area contributed by atoms with E-state index in [-0.39, 0.29) is 6.04 Å². The van der Waals surface area contributed by atoms with E-state index in [1.807, 2.05) is 62.5 Å². The zero-order chi connectivity index (χ0) is 27.3. The molecule has 0 bridgehead atoms. The first-order chi connectivity index (χ1) is 18.3. The molecule has 1 unspecified atom stereocenters. The highest BCUT2D eigenvalue weighted by Crippen LogP contribution is 2.43. The number of nitrogens with zero attached hydrogens (tertiary/aromatic N) is 1. The molecule has 4 nitrogen and oxygen atoms in total. The molecular weight excluding hydrogens is 509 g/mol. The molecule has 4 aromatic rings. The van der Waals surface area contributed by atoms with Crippen molar-refractivity contribution in [2.45, 2.75) is 31.6 Å². The summed E-state index contributed by atoms with van der Waals surface area (Å²) in [5.41, 5.74) is 2.12. The van der Waals surface area contributed by atoms with E-state index in [4.69, 9.17) is 9.47 Å². The van der Waals surface area contributed by atoms with Crippen LogP contribution in [0, 0.1) is 0 Å². The first-order valence-electron chi connectivity index (χ1n) is 12.6. The molecule has 0 amide bonds. The molecule has 0 aliphatic carbocycles. The van der Waals surface area contributed by atoms with Gasteiger partial charge in [-0.05, 0) is 67.9 Å². The van der Waals surface area contributed by atoms with Crippen LogP contribution in [0.25, 0.3) is 0 Å². The van der Waals surface area contributed by atoms with E-state index in [2.05, 4.69) is 72.8 Å². The summed E-state index contributed by atoms with van der Waals surface area (Å²) in [6, 6.07) is 35.4. The molecule has 0 aliphatic rings. The van der Waals surface area contributed by atoms with Gasteiger partial charge in [0.05, 0.1) is 25.0 Å². The number of hydrogen-bond donors (Lipinski definition) is 0. The van der Waals surface area contributed by atoms with E-state index in [1.54, 1.807) is 14.2 Å². The maximum atomic E-state index is 13.8. The highest BCUT2D eigenvalue weighted by molar-refractivity contribution is 7.84. The van der Waals surface area contributed by atoms with E-state index in [9.17, 15) is 4.21 Å². The topological polar surface area (TPSA) is 38.8 Å². The van der Waals surface area contributed by atoms with Crippen molar-refractivity contribution in [3.05, 3.63) is 114 Å². The van der Waals surface area contributed by atoms with Crippen LogP contribution in [0.4, 0.5) is 0 Å². The van der Waals surface area contributed by atoms with Crippen molar-refractivity contribution in [1.29, 1.82) is 0 Å². The summed E-state index contributed by atoms with van der Waals surface area (Å²) < 4.78 is 27.0. The van der Waals surface area contributed by atoms with Gasteiger partial charge in [-0.1, -0.05) is 91.0 Å². The molecule has 4 rings (SSSR count). The molecule has 0 aliphatic heterocycles. The minimum absolute atomic E-state index is 0.275. The van der Waals surface area contributed by atoms with Crippen LogP contribution in [0.15, 0.2) is 103 Å². The minimum atomic E-state index is -1.27. The quantitative estimate of drug-likeness (QED) is 0.244. The fourth-order valence-corrected chi connectivity index (χ4v) is 8.40. The SMILES string of the molecule is COc1cc([C@@H](c2ccccc2)N(C)S(=O)C(C)(C)C)c(P(c2ccccc2)c2ccccc2)cc1OC. The lowest BCUT2D eigenvalue weighted by Crippen LogP contribution is -2.39. The fraction of sp³-hybridized carbons (Fsp3) is 0.250. The molecule has 198 valence electrons. The summed E-state index contributed by atoms with van der Waals surface area (Å²) in [6.45, 7) is 6.04. The third kappa shape index (κ3) is 6.02. The van der Waals surface area contributed by atoms with Crippen molar-refractivity contribution >= 4 is 34.8 Å². The molecule has 0 aromatic heterocycles. The summed E-state index contributed by atoms with van der Waals surface area (Å²) in [5, 5.41) is 3.60. The molecule has 0 N–H and O–H groups in total. The molecule has 0 saturated heterocycles. The molecule has 38 heavy (non-hydrogen) atoms. The zero-order valence-corrected chi connectivity index (χ0v) is 24.6. The van der Waals surface area contributed by atoms with E-state index < -0.39 is 23.7 Å². The standard InChI is InChI=1S/C32H36NO3PS/c1-32(2,3)38(34)33(4)31(24-16-10-7-11-17-24)27-22-28(35-5)29(36-6)23-30(27)37(25-18-12-8-13-19-25)26-20-14-9-15-21-26/h7-23,31H,1-6H3/t31-,38?/m1/s1. The second-order valence-corrected chi connectivity index (χ2v) is 14.5. The van der Waals surface area contributed by atoms with Gasteiger partial charge in [0.15, 0.2) is 11.5 Å². The van der Waals surface area contributed by atoms with Gasteiger partial charge >= 0.3 is 0 Å². The highest BCUT2D eigenvalue weighted by Gasteiger charge is 2.34. The van der Waals surface area contributed by atoms with Crippen LogP contribution in [0.3, 0.4) is 0 Å². The van der Waals surface area contributed by atoms with Crippen LogP contribution in [-0.4, -0.2) is 34.5 Å². The number of hydrogen-bond acceptors (Lipinski definition) is 3. The monoisotopic (exact) mass is 545 g/mol. The van der Waals surface area contributed by atoms with Crippen molar-refractivity contribution in [2.24, 2.45) is 0 Å². The number of methoxy groups -OCH3 is 2. The van der Waals surface area contributed by atoms with Gasteiger partial charge < -0.3 is 9.47 Å². The molecule has 0 fully saturated rings.